The Balaban J connectivity index is 1.26. The molecule has 1 aliphatic heterocycles. The van der Waals surface area contributed by atoms with Gasteiger partial charge in [-0.3, -0.25) is 9.69 Å². The number of nitrogen functional groups attached to an aromatic ring is 1. The molecule has 0 radical (unpaired) electrons. The van der Waals surface area contributed by atoms with Crippen LogP contribution in [0.4, 0.5) is 27.8 Å². The minimum Gasteiger partial charge on any atom is -0.459 e. The molecule has 1 fully saturated rings. The number of fused-ring (bicyclic) bond motifs is 1. The maximum absolute atomic E-state index is 13.9. The van der Waals surface area contributed by atoms with Gasteiger partial charge in [0.15, 0.2) is 5.82 Å². The number of carbonyl (C=O) groups is 1. The van der Waals surface area contributed by atoms with Crippen molar-refractivity contribution in [2.75, 3.05) is 25.6 Å². The Morgan fingerprint density at radius 3 is 2.60 bits per heavy atom. The van der Waals surface area contributed by atoms with Crippen LogP contribution in [-0.2, 0) is 28.9 Å². The lowest BCUT2D eigenvalue weighted by Crippen LogP contribution is -2.27. The topological polar surface area (TPSA) is 119 Å². The Morgan fingerprint density at radius 1 is 1.14 bits per heavy atom. The number of pyridine rings is 1. The molecular formula is C28H25F5N6O3. The standard InChI is InChI=1S/C28H25F5N6O3/c29-27(30)5-6-39(15-27)16-41-14-18-11-37-26(38-12-18)20-7-19-8-21(42-25(19)22(9-20)28(31,32)33)13-36-24(40)4-2-17-1-3-23(34)35-10-17/h1-4,7-12H,5-6,13-16H2,(H2,34,35)(H,36,40)/b4-2+. The van der Waals surface area contributed by atoms with Crippen LogP contribution in [-0.4, -0.2) is 51.5 Å². The van der Waals surface area contributed by atoms with Crippen LogP contribution in [0.1, 0.15) is 28.9 Å². The molecule has 9 nitrogen and oxygen atoms in total. The van der Waals surface area contributed by atoms with E-state index in [1.165, 1.54) is 47.8 Å². The summed E-state index contributed by atoms with van der Waals surface area (Å²) in [4.78, 5) is 25.9. The Labute approximate surface area is 236 Å². The molecule has 0 aliphatic carbocycles. The smallest absolute Gasteiger partial charge is 0.420 e. The maximum atomic E-state index is 13.9. The number of aromatic nitrogens is 3. The number of benzene rings is 1. The maximum Gasteiger partial charge on any atom is 0.420 e. The predicted molar refractivity (Wildman–Crippen MR) is 143 cm³/mol. The van der Waals surface area contributed by atoms with Crippen LogP contribution in [0.5, 0.6) is 0 Å². The van der Waals surface area contributed by atoms with Crippen LogP contribution in [0.3, 0.4) is 0 Å². The molecule has 220 valence electrons. The first kappa shape index (κ1) is 29.1. The molecule has 0 spiro atoms. The summed E-state index contributed by atoms with van der Waals surface area (Å²) in [5.41, 5.74) is 5.42. The summed E-state index contributed by atoms with van der Waals surface area (Å²) in [7, 11) is 0. The third-order valence-corrected chi connectivity index (χ3v) is 6.40. The number of rotatable bonds is 9. The first-order chi connectivity index (χ1) is 19.9. The number of halogens is 5. The molecular weight excluding hydrogens is 563 g/mol. The van der Waals surface area contributed by atoms with Crippen molar-refractivity contribution in [3.05, 3.63) is 77.4 Å². The van der Waals surface area contributed by atoms with Crippen molar-refractivity contribution in [2.24, 2.45) is 0 Å². The van der Waals surface area contributed by atoms with Gasteiger partial charge >= 0.3 is 6.18 Å². The number of nitrogens with two attached hydrogens (primary N) is 1. The molecule has 42 heavy (non-hydrogen) atoms. The molecule has 0 unspecified atom stereocenters. The Hall–Kier alpha value is -4.43. The van der Waals surface area contributed by atoms with E-state index in [1.54, 1.807) is 12.1 Å². The summed E-state index contributed by atoms with van der Waals surface area (Å²) in [5.74, 6) is -2.71. The zero-order valence-corrected chi connectivity index (χ0v) is 22.0. The fourth-order valence-electron chi connectivity index (χ4n) is 4.34. The van der Waals surface area contributed by atoms with Gasteiger partial charge in [-0.2, -0.15) is 13.2 Å². The van der Waals surface area contributed by atoms with E-state index in [9.17, 15) is 26.7 Å². The Bertz CT molecular complexity index is 1590. The number of nitrogens with one attached hydrogen (secondary N) is 1. The number of ether oxygens (including phenoxy) is 1. The van der Waals surface area contributed by atoms with E-state index in [1.807, 2.05) is 0 Å². The van der Waals surface area contributed by atoms with Gasteiger partial charge in [0.05, 0.1) is 32.0 Å². The number of hydrogen-bond donors (Lipinski definition) is 2. The summed E-state index contributed by atoms with van der Waals surface area (Å²) in [5, 5.41) is 2.73. The van der Waals surface area contributed by atoms with Crippen molar-refractivity contribution in [3.63, 3.8) is 0 Å². The van der Waals surface area contributed by atoms with Crippen LogP contribution in [0.15, 0.2) is 59.4 Å². The quantitative estimate of drug-likeness (QED) is 0.207. The van der Waals surface area contributed by atoms with Gasteiger partial charge in [0, 0.05) is 54.1 Å². The van der Waals surface area contributed by atoms with Gasteiger partial charge in [-0.15, -0.1) is 0 Å². The minimum absolute atomic E-state index is 0.0164. The van der Waals surface area contributed by atoms with E-state index in [0.29, 0.717) is 16.9 Å². The van der Waals surface area contributed by atoms with Crippen LogP contribution >= 0.6 is 0 Å². The Kier molecular flexibility index (Phi) is 8.18. The van der Waals surface area contributed by atoms with Crippen LogP contribution in [0, 0.1) is 0 Å². The molecule has 14 heteroatoms. The second kappa shape index (κ2) is 11.8. The van der Waals surface area contributed by atoms with Gasteiger partial charge in [0.1, 0.15) is 17.2 Å². The van der Waals surface area contributed by atoms with E-state index < -0.39 is 23.6 Å². The molecule has 1 aromatic carbocycles. The third-order valence-electron chi connectivity index (χ3n) is 6.40. The highest BCUT2D eigenvalue weighted by molar-refractivity contribution is 5.92. The largest absolute Gasteiger partial charge is 0.459 e. The highest BCUT2D eigenvalue weighted by Gasteiger charge is 2.38. The molecule has 1 amide bonds. The molecule has 0 bridgehead atoms. The van der Waals surface area contributed by atoms with Gasteiger partial charge in [-0.1, -0.05) is 0 Å². The van der Waals surface area contributed by atoms with Crippen LogP contribution in [0.25, 0.3) is 28.4 Å². The van der Waals surface area contributed by atoms with Gasteiger partial charge in [-0.25, -0.2) is 23.7 Å². The summed E-state index contributed by atoms with van der Waals surface area (Å²) >= 11 is 0. The van der Waals surface area contributed by atoms with E-state index in [-0.39, 0.29) is 67.5 Å². The zero-order valence-electron chi connectivity index (χ0n) is 22.0. The van der Waals surface area contributed by atoms with Crippen molar-refractivity contribution < 1.29 is 35.9 Å². The molecule has 4 heterocycles. The SMILES string of the molecule is Nc1ccc(/C=C/C(=O)NCc2cc3cc(-c4ncc(COCN5CCC(F)(F)C5)cn4)cc(C(F)(F)F)c3o2)cn1. The highest BCUT2D eigenvalue weighted by Crippen LogP contribution is 2.39. The van der Waals surface area contributed by atoms with Crippen molar-refractivity contribution in [1.29, 1.82) is 0 Å². The van der Waals surface area contributed by atoms with Gasteiger partial charge in [0.25, 0.3) is 5.92 Å². The summed E-state index contributed by atoms with van der Waals surface area (Å²) in [6.45, 7) is -0.215. The fraction of sp³-hybridized carbons (Fsp3) is 0.286. The highest BCUT2D eigenvalue weighted by atomic mass is 19.4. The monoisotopic (exact) mass is 588 g/mol. The fourth-order valence-corrected chi connectivity index (χ4v) is 4.34. The van der Waals surface area contributed by atoms with Gasteiger partial charge < -0.3 is 20.2 Å². The molecule has 1 aliphatic rings. The van der Waals surface area contributed by atoms with Gasteiger partial charge in [-0.05, 0) is 42.0 Å². The summed E-state index contributed by atoms with van der Waals surface area (Å²) < 4.78 is 79.3. The second-order valence-corrected chi connectivity index (χ2v) is 9.77. The number of alkyl halides is 5. The van der Waals surface area contributed by atoms with E-state index in [0.717, 1.165) is 6.07 Å². The minimum atomic E-state index is -4.73. The third kappa shape index (κ3) is 7.25. The molecule has 3 aromatic heterocycles. The lowest BCUT2D eigenvalue weighted by atomic mass is 10.1. The molecule has 0 atom stereocenters. The lowest BCUT2D eigenvalue weighted by molar-refractivity contribution is -0.136. The molecule has 5 rings (SSSR count). The number of hydrogen-bond acceptors (Lipinski definition) is 8. The number of anilines is 1. The Morgan fingerprint density at radius 2 is 1.93 bits per heavy atom. The van der Waals surface area contributed by atoms with Crippen molar-refractivity contribution in [3.8, 4) is 11.4 Å². The lowest BCUT2D eigenvalue weighted by Gasteiger charge is -2.15. The molecule has 0 saturated carbocycles. The number of nitrogens with zero attached hydrogens (tertiary/aromatic N) is 4. The number of amides is 1. The van der Waals surface area contributed by atoms with Crippen molar-refractivity contribution >= 4 is 28.8 Å². The molecule has 4 aromatic rings. The summed E-state index contributed by atoms with van der Waals surface area (Å²) in [6.07, 6.45) is 2.12. The zero-order chi connectivity index (χ0) is 29.9. The van der Waals surface area contributed by atoms with E-state index in [2.05, 4.69) is 20.3 Å². The first-order valence-electron chi connectivity index (χ1n) is 12.8. The number of likely N-dealkylation sites (tertiary alicyclic amines) is 1. The predicted octanol–water partition coefficient (Wildman–Crippen LogP) is 5.03. The average Bonchev–Trinajstić information content (AvgIpc) is 3.52. The second-order valence-electron chi connectivity index (χ2n) is 9.77. The van der Waals surface area contributed by atoms with E-state index in [4.69, 9.17) is 14.9 Å². The first-order valence-corrected chi connectivity index (χ1v) is 12.8. The summed E-state index contributed by atoms with van der Waals surface area (Å²) in [6, 6.07) is 7.03. The van der Waals surface area contributed by atoms with Gasteiger partial charge in [0.2, 0.25) is 5.91 Å². The van der Waals surface area contributed by atoms with Crippen molar-refractivity contribution in [2.45, 2.75) is 31.7 Å². The average molecular weight is 589 g/mol. The molecule has 1 saturated heterocycles. The van der Waals surface area contributed by atoms with E-state index >= 15 is 0 Å². The normalized spacial score (nSPS) is 15.5. The molecule has 3 N–H and O–H groups in total. The number of carbonyl (C=O) groups excluding carboxylic acids is 1. The van der Waals surface area contributed by atoms with Crippen molar-refractivity contribution in [1.82, 2.24) is 25.2 Å². The number of furan rings is 1. The van der Waals surface area contributed by atoms with Crippen LogP contribution < -0.4 is 11.1 Å². The van der Waals surface area contributed by atoms with Crippen LogP contribution in [0.2, 0.25) is 0 Å².